The highest BCUT2D eigenvalue weighted by atomic mass is 16.5. The van der Waals surface area contributed by atoms with Crippen molar-refractivity contribution in [2.75, 3.05) is 32.8 Å². The van der Waals surface area contributed by atoms with Gasteiger partial charge in [0.15, 0.2) is 0 Å². The molecule has 0 spiro atoms. The maximum Gasteiger partial charge on any atom is 0.247 e. The van der Waals surface area contributed by atoms with Gasteiger partial charge in [-0.2, -0.15) is 0 Å². The van der Waals surface area contributed by atoms with Gasteiger partial charge in [-0.05, 0) is 57.3 Å². The lowest BCUT2D eigenvalue weighted by molar-refractivity contribution is -0.118. The molecule has 2 aliphatic heterocycles. The quantitative estimate of drug-likeness (QED) is 0.792. The third kappa shape index (κ3) is 4.17. The lowest BCUT2D eigenvalue weighted by atomic mass is 9.73. The van der Waals surface area contributed by atoms with E-state index in [9.17, 15) is 4.79 Å². The van der Waals surface area contributed by atoms with Gasteiger partial charge in [0.2, 0.25) is 5.91 Å². The highest BCUT2D eigenvalue weighted by molar-refractivity contribution is 5.95. The number of rotatable bonds is 5. The first kappa shape index (κ1) is 16.6. The Hall–Kier alpha value is -1.29. The molecule has 2 heterocycles. The summed E-state index contributed by atoms with van der Waals surface area (Å²) in [6.07, 6.45) is 12.1. The number of nitrogens with one attached hydrogen (secondary N) is 1. The minimum atomic E-state index is -0.0580. The second-order valence-corrected chi connectivity index (χ2v) is 7.41. The Kier molecular flexibility index (Phi) is 5.42. The van der Waals surface area contributed by atoms with E-state index in [-0.39, 0.29) is 11.3 Å². The highest BCUT2D eigenvalue weighted by Crippen LogP contribution is 2.42. The van der Waals surface area contributed by atoms with Gasteiger partial charge in [0.25, 0.3) is 0 Å². The van der Waals surface area contributed by atoms with Crippen LogP contribution in [0.1, 0.15) is 51.9 Å². The molecule has 1 N–H and O–H groups in total. The van der Waals surface area contributed by atoms with Gasteiger partial charge < -0.3 is 15.0 Å². The van der Waals surface area contributed by atoms with Crippen molar-refractivity contribution in [2.24, 2.45) is 5.41 Å². The molecule has 0 bridgehead atoms. The van der Waals surface area contributed by atoms with E-state index in [0.29, 0.717) is 0 Å². The molecule has 3 aliphatic rings. The number of hydrogen-bond acceptors (Lipinski definition) is 3. The smallest absolute Gasteiger partial charge is 0.247 e. The lowest BCUT2D eigenvalue weighted by Crippen LogP contribution is -2.32. The van der Waals surface area contributed by atoms with Crippen molar-refractivity contribution in [2.45, 2.75) is 51.9 Å². The van der Waals surface area contributed by atoms with E-state index in [1.165, 1.54) is 32.4 Å². The maximum absolute atomic E-state index is 12.1. The third-order valence-corrected chi connectivity index (χ3v) is 5.44. The van der Waals surface area contributed by atoms with Gasteiger partial charge in [0.05, 0.1) is 12.4 Å². The van der Waals surface area contributed by atoms with Crippen molar-refractivity contribution in [3.05, 3.63) is 23.5 Å². The Morgan fingerprint density at radius 1 is 1.22 bits per heavy atom. The molecule has 2 saturated heterocycles. The molecule has 1 amide bonds. The molecule has 4 heteroatoms. The molecule has 23 heavy (non-hydrogen) atoms. The van der Waals surface area contributed by atoms with Crippen molar-refractivity contribution in [1.82, 2.24) is 10.2 Å². The number of nitrogens with zero attached hydrogens (tertiary/aromatic N) is 1. The summed E-state index contributed by atoms with van der Waals surface area (Å²) < 4.78 is 6.02. The number of likely N-dealkylation sites (tertiary alicyclic amines) is 1. The standard InChI is InChI=1S/C19H30N2O2/c1-19-9-5-10-20-18(22)17(19)8-7-16(15-19)23-14-6-13-21-11-3-2-4-12-21/h7-8H,2-6,9-15H2,1H3,(H,20,22). The normalized spacial score (nSPS) is 29.0. The predicted octanol–water partition coefficient (Wildman–Crippen LogP) is 3.01. The fourth-order valence-electron chi connectivity index (χ4n) is 4.04. The van der Waals surface area contributed by atoms with Crippen LogP contribution in [-0.4, -0.2) is 43.6 Å². The van der Waals surface area contributed by atoms with Gasteiger partial charge in [-0.15, -0.1) is 0 Å². The Bertz CT molecular complexity index is 492. The second-order valence-electron chi connectivity index (χ2n) is 7.41. The maximum atomic E-state index is 12.1. The van der Waals surface area contributed by atoms with Crippen LogP contribution in [0.4, 0.5) is 0 Å². The van der Waals surface area contributed by atoms with Crippen LogP contribution in [0.3, 0.4) is 0 Å². The fraction of sp³-hybridized carbons (Fsp3) is 0.737. The Labute approximate surface area is 139 Å². The molecule has 1 atom stereocenters. The molecular weight excluding hydrogens is 288 g/mol. The Morgan fingerprint density at radius 2 is 2.04 bits per heavy atom. The summed E-state index contributed by atoms with van der Waals surface area (Å²) in [4.78, 5) is 14.7. The molecule has 0 aromatic rings. The first-order valence-corrected chi connectivity index (χ1v) is 9.22. The van der Waals surface area contributed by atoms with Gasteiger partial charge >= 0.3 is 0 Å². The van der Waals surface area contributed by atoms with E-state index in [4.69, 9.17) is 4.74 Å². The van der Waals surface area contributed by atoms with Crippen LogP contribution < -0.4 is 5.32 Å². The van der Waals surface area contributed by atoms with Gasteiger partial charge in [-0.25, -0.2) is 0 Å². The molecule has 2 fully saturated rings. The minimum Gasteiger partial charge on any atom is -0.498 e. The van der Waals surface area contributed by atoms with Crippen LogP contribution in [-0.2, 0) is 9.53 Å². The van der Waals surface area contributed by atoms with Crippen molar-refractivity contribution >= 4 is 5.91 Å². The summed E-state index contributed by atoms with van der Waals surface area (Å²) in [5.74, 6) is 1.15. The number of fused-ring (bicyclic) bond motifs is 1. The van der Waals surface area contributed by atoms with Gasteiger partial charge in [-0.1, -0.05) is 13.3 Å². The van der Waals surface area contributed by atoms with E-state index in [1.54, 1.807) is 0 Å². The molecule has 0 aromatic heterocycles. The molecular formula is C19H30N2O2. The number of carbonyl (C=O) groups is 1. The molecule has 3 rings (SSSR count). The van der Waals surface area contributed by atoms with Crippen LogP contribution in [0.25, 0.3) is 0 Å². The molecule has 4 nitrogen and oxygen atoms in total. The molecule has 1 unspecified atom stereocenters. The van der Waals surface area contributed by atoms with Gasteiger partial charge in [0, 0.05) is 30.5 Å². The number of hydrogen-bond donors (Lipinski definition) is 1. The third-order valence-electron chi connectivity index (χ3n) is 5.44. The van der Waals surface area contributed by atoms with Crippen molar-refractivity contribution in [3.8, 4) is 0 Å². The van der Waals surface area contributed by atoms with E-state index in [2.05, 4.69) is 17.1 Å². The van der Waals surface area contributed by atoms with E-state index in [0.717, 1.165) is 56.7 Å². The first-order valence-electron chi connectivity index (χ1n) is 9.22. The van der Waals surface area contributed by atoms with Crippen LogP contribution >= 0.6 is 0 Å². The highest BCUT2D eigenvalue weighted by Gasteiger charge is 2.37. The number of allylic oxidation sites excluding steroid dienone is 3. The largest absolute Gasteiger partial charge is 0.498 e. The lowest BCUT2D eigenvalue weighted by Gasteiger charge is -2.33. The second kappa shape index (κ2) is 7.52. The van der Waals surface area contributed by atoms with Crippen molar-refractivity contribution in [1.29, 1.82) is 0 Å². The summed E-state index contributed by atoms with van der Waals surface area (Å²) in [5, 5.41) is 2.99. The minimum absolute atomic E-state index is 0.0580. The van der Waals surface area contributed by atoms with Crippen molar-refractivity contribution in [3.63, 3.8) is 0 Å². The van der Waals surface area contributed by atoms with Crippen LogP contribution in [0.15, 0.2) is 23.5 Å². The van der Waals surface area contributed by atoms with E-state index in [1.807, 2.05) is 12.2 Å². The molecule has 0 radical (unpaired) electrons. The monoisotopic (exact) mass is 318 g/mol. The molecule has 0 saturated carbocycles. The Morgan fingerprint density at radius 3 is 2.87 bits per heavy atom. The topological polar surface area (TPSA) is 41.6 Å². The van der Waals surface area contributed by atoms with Gasteiger partial charge in [-0.3, -0.25) is 4.79 Å². The van der Waals surface area contributed by atoms with Crippen molar-refractivity contribution < 1.29 is 9.53 Å². The average Bonchev–Trinajstić information content (AvgIpc) is 2.70. The zero-order valence-corrected chi connectivity index (χ0v) is 14.4. The number of piperidine rings is 1. The predicted molar refractivity (Wildman–Crippen MR) is 92.0 cm³/mol. The fourth-order valence-corrected chi connectivity index (χ4v) is 4.04. The molecule has 0 aromatic carbocycles. The first-order chi connectivity index (χ1) is 11.2. The van der Waals surface area contributed by atoms with Gasteiger partial charge in [0.1, 0.15) is 0 Å². The summed E-state index contributed by atoms with van der Waals surface area (Å²) in [7, 11) is 0. The molecule has 128 valence electrons. The zero-order valence-electron chi connectivity index (χ0n) is 14.4. The van der Waals surface area contributed by atoms with Crippen LogP contribution in [0.2, 0.25) is 0 Å². The average molecular weight is 318 g/mol. The number of ether oxygens (including phenoxy) is 1. The SMILES string of the molecule is CC12CCCNC(=O)C1=CC=C(OCCCN1CCCCC1)C2. The summed E-state index contributed by atoms with van der Waals surface area (Å²) in [5.41, 5.74) is 0.869. The summed E-state index contributed by atoms with van der Waals surface area (Å²) in [6, 6.07) is 0. The van der Waals surface area contributed by atoms with Crippen LogP contribution in [0, 0.1) is 5.41 Å². The number of amides is 1. The number of carbonyl (C=O) groups excluding carboxylic acids is 1. The molecule has 1 aliphatic carbocycles. The summed E-state index contributed by atoms with van der Waals surface area (Å²) >= 11 is 0. The Balaban J connectivity index is 1.48. The summed E-state index contributed by atoms with van der Waals surface area (Å²) in [6.45, 7) is 7.43. The zero-order chi connectivity index (χ0) is 16.1. The van der Waals surface area contributed by atoms with Crippen LogP contribution in [0.5, 0.6) is 0 Å². The van der Waals surface area contributed by atoms with E-state index >= 15 is 0 Å². The van der Waals surface area contributed by atoms with E-state index < -0.39 is 0 Å².